The Bertz CT molecular complexity index is 795. The molecule has 25 heavy (non-hydrogen) atoms. The van der Waals surface area contributed by atoms with Gasteiger partial charge in [-0.3, -0.25) is 4.79 Å². The zero-order chi connectivity index (χ0) is 17.6. The maximum atomic E-state index is 12.8. The SMILES string of the molecule is Cc1nc2ccc(C(=O)N3CCC4(CC3)C[C@@H](O)[C@@H](O)CO4)cc2[nH]1. The Morgan fingerprint density at radius 1 is 1.32 bits per heavy atom. The van der Waals surface area contributed by atoms with E-state index in [0.717, 1.165) is 16.9 Å². The van der Waals surface area contributed by atoms with Crippen LogP contribution in [0.15, 0.2) is 18.2 Å². The lowest BCUT2D eigenvalue weighted by molar-refractivity contribution is -0.185. The molecule has 0 bridgehead atoms. The van der Waals surface area contributed by atoms with Crippen LogP contribution in [0.25, 0.3) is 11.0 Å². The molecule has 0 radical (unpaired) electrons. The summed E-state index contributed by atoms with van der Waals surface area (Å²) in [6.07, 6.45) is 0.217. The summed E-state index contributed by atoms with van der Waals surface area (Å²) in [6, 6.07) is 5.52. The predicted molar refractivity (Wildman–Crippen MR) is 91.3 cm³/mol. The summed E-state index contributed by atoms with van der Waals surface area (Å²) in [5.74, 6) is 0.829. The Kier molecular flexibility index (Phi) is 4.02. The number of carbonyl (C=O) groups excluding carboxylic acids is 1. The third kappa shape index (κ3) is 3.03. The number of amides is 1. The number of imidazole rings is 1. The lowest BCUT2D eigenvalue weighted by atomic mass is 9.82. The predicted octanol–water partition coefficient (Wildman–Crippen LogP) is 0.988. The number of aromatic nitrogens is 2. The fourth-order valence-corrected chi connectivity index (χ4v) is 3.87. The van der Waals surface area contributed by atoms with Crippen molar-refractivity contribution in [2.45, 2.75) is 44.0 Å². The Morgan fingerprint density at radius 2 is 2.08 bits per heavy atom. The van der Waals surface area contributed by atoms with E-state index in [1.807, 2.05) is 30.0 Å². The van der Waals surface area contributed by atoms with Gasteiger partial charge in [0.2, 0.25) is 0 Å². The van der Waals surface area contributed by atoms with Crippen molar-refractivity contribution in [2.24, 2.45) is 0 Å². The van der Waals surface area contributed by atoms with Crippen LogP contribution in [0.2, 0.25) is 0 Å². The average Bonchev–Trinajstić information content (AvgIpc) is 2.98. The number of aromatic amines is 1. The first-order chi connectivity index (χ1) is 12.0. The average molecular weight is 345 g/mol. The van der Waals surface area contributed by atoms with Gasteiger partial charge in [0.1, 0.15) is 11.9 Å². The van der Waals surface area contributed by atoms with Gasteiger partial charge in [0.05, 0.1) is 29.3 Å². The minimum atomic E-state index is -0.810. The van der Waals surface area contributed by atoms with Crippen LogP contribution in [-0.2, 0) is 4.74 Å². The summed E-state index contributed by atoms with van der Waals surface area (Å²) in [7, 11) is 0. The molecule has 0 aliphatic carbocycles. The number of rotatable bonds is 1. The molecule has 0 unspecified atom stereocenters. The van der Waals surface area contributed by atoms with Crippen LogP contribution >= 0.6 is 0 Å². The molecule has 3 heterocycles. The Labute approximate surface area is 145 Å². The second-order valence-corrected chi connectivity index (χ2v) is 7.18. The third-order valence-corrected chi connectivity index (χ3v) is 5.39. The van der Waals surface area contributed by atoms with E-state index in [-0.39, 0.29) is 12.5 Å². The lowest BCUT2D eigenvalue weighted by Gasteiger charge is -2.46. The van der Waals surface area contributed by atoms with E-state index in [9.17, 15) is 15.0 Å². The van der Waals surface area contributed by atoms with Crippen LogP contribution in [0.4, 0.5) is 0 Å². The van der Waals surface area contributed by atoms with Crippen molar-refractivity contribution in [1.82, 2.24) is 14.9 Å². The molecule has 2 atom stereocenters. The third-order valence-electron chi connectivity index (χ3n) is 5.39. The molecule has 1 aromatic carbocycles. The van der Waals surface area contributed by atoms with E-state index in [0.29, 0.717) is 37.9 Å². The van der Waals surface area contributed by atoms with Gasteiger partial charge in [0.25, 0.3) is 5.91 Å². The molecule has 3 N–H and O–H groups in total. The molecule has 134 valence electrons. The highest BCUT2D eigenvalue weighted by Crippen LogP contribution is 2.35. The van der Waals surface area contributed by atoms with E-state index in [4.69, 9.17) is 4.74 Å². The van der Waals surface area contributed by atoms with Crippen molar-refractivity contribution in [1.29, 1.82) is 0 Å². The number of carbonyl (C=O) groups is 1. The lowest BCUT2D eigenvalue weighted by Crippen LogP contribution is -2.55. The normalized spacial score (nSPS) is 26.3. The number of ether oxygens (including phenoxy) is 1. The number of aliphatic hydroxyl groups is 2. The number of piperidine rings is 1. The molecule has 1 aromatic heterocycles. The second kappa shape index (κ2) is 6.09. The van der Waals surface area contributed by atoms with Crippen molar-refractivity contribution >= 4 is 16.9 Å². The van der Waals surface area contributed by atoms with Gasteiger partial charge in [-0.05, 0) is 38.0 Å². The van der Waals surface area contributed by atoms with Gasteiger partial charge in [-0.25, -0.2) is 4.98 Å². The Hall–Kier alpha value is -1.96. The summed E-state index contributed by atoms with van der Waals surface area (Å²) in [6.45, 7) is 3.22. The quantitative estimate of drug-likeness (QED) is 0.716. The smallest absolute Gasteiger partial charge is 0.253 e. The van der Waals surface area contributed by atoms with Gasteiger partial charge in [-0.15, -0.1) is 0 Å². The number of aryl methyl sites for hydroxylation is 1. The number of hydrogen-bond donors (Lipinski definition) is 3. The van der Waals surface area contributed by atoms with Crippen LogP contribution in [0, 0.1) is 6.92 Å². The van der Waals surface area contributed by atoms with Gasteiger partial charge in [0.15, 0.2) is 0 Å². The number of hydrogen-bond acceptors (Lipinski definition) is 5. The number of benzene rings is 1. The highest BCUT2D eigenvalue weighted by molar-refractivity contribution is 5.97. The van der Waals surface area contributed by atoms with E-state index in [2.05, 4.69) is 9.97 Å². The maximum absolute atomic E-state index is 12.8. The monoisotopic (exact) mass is 345 g/mol. The molecule has 2 aliphatic heterocycles. The number of fused-ring (bicyclic) bond motifs is 1. The van der Waals surface area contributed by atoms with Crippen molar-refractivity contribution in [3.8, 4) is 0 Å². The maximum Gasteiger partial charge on any atom is 0.253 e. The second-order valence-electron chi connectivity index (χ2n) is 7.18. The zero-order valence-electron chi connectivity index (χ0n) is 14.2. The largest absolute Gasteiger partial charge is 0.390 e. The highest BCUT2D eigenvalue weighted by atomic mass is 16.5. The first-order valence-corrected chi connectivity index (χ1v) is 8.72. The highest BCUT2D eigenvalue weighted by Gasteiger charge is 2.43. The fraction of sp³-hybridized carbons (Fsp3) is 0.556. The van der Waals surface area contributed by atoms with Crippen molar-refractivity contribution < 1.29 is 19.7 Å². The van der Waals surface area contributed by atoms with E-state index in [1.54, 1.807) is 0 Å². The van der Waals surface area contributed by atoms with E-state index >= 15 is 0 Å². The van der Waals surface area contributed by atoms with Gasteiger partial charge in [-0.2, -0.15) is 0 Å². The molecule has 2 saturated heterocycles. The molecule has 0 saturated carbocycles. The molecule has 2 aromatic rings. The van der Waals surface area contributed by atoms with Gasteiger partial charge < -0.3 is 24.8 Å². The molecule has 7 heteroatoms. The van der Waals surface area contributed by atoms with Crippen molar-refractivity contribution in [3.63, 3.8) is 0 Å². The first-order valence-electron chi connectivity index (χ1n) is 8.72. The van der Waals surface area contributed by atoms with Crippen LogP contribution in [0.1, 0.15) is 35.4 Å². The minimum absolute atomic E-state index is 0.000366. The summed E-state index contributed by atoms with van der Waals surface area (Å²) >= 11 is 0. The van der Waals surface area contributed by atoms with Gasteiger partial charge >= 0.3 is 0 Å². The number of nitrogens with one attached hydrogen (secondary N) is 1. The molecule has 1 spiro atoms. The van der Waals surface area contributed by atoms with E-state index < -0.39 is 17.8 Å². The first kappa shape index (κ1) is 16.5. The standard InChI is InChI=1S/C18H23N3O4/c1-11-19-13-3-2-12(8-14(13)20-11)17(24)21-6-4-18(5-7-21)9-15(22)16(23)10-25-18/h2-3,8,15-16,22-23H,4-7,9-10H2,1H3,(H,19,20)/t15-,16+/m1/s1. The van der Waals surface area contributed by atoms with Crippen LogP contribution in [0.5, 0.6) is 0 Å². The number of aliphatic hydroxyl groups excluding tert-OH is 2. The fourth-order valence-electron chi connectivity index (χ4n) is 3.87. The molecular weight excluding hydrogens is 322 g/mol. The summed E-state index contributed by atoms with van der Waals surface area (Å²) in [5, 5.41) is 19.6. The molecule has 2 aliphatic rings. The minimum Gasteiger partial charge on any atom is -0.390 e. The number of H-pyrrole nitrogens is 1. The Balaban J connectivity index is 1.45. The molecule has 4 rings (SSSR count). The molecule has 2 fully saturated rings. The van der Waals surface area contributed by atoms with Crippen LogP contribution in [0.3, 0.4) is 0 Å². The Morgan fingerprint density at radius 3 is 2.80 bits per heavy atom. The molecule has 1 amide bonds. The van der Waals surface area contributed by atoms with Crippen LogP contribution in [-0.4, -0.2) is 68.5 Å². The summed E-state index contributed by atoms with van der Waals surface area (Å²) < 4.78 is 5.82. The molecular formula is C18H23N3O4. The topological polar surface area (TPSA) is 98.7 Å². The van der Waals surface area contributed by atoms with E-state index in [1.165, 1.54) is 0 Å². The zero-order valence-corrected chi connectivity index (χ0v) is 14.2. The van der Waals surface area contributed by atoms with Crippen LogP contribution < -0.4 is 0 Å². The van der Waals surface area contributed by atoms with Gasteiger partial charge in [0, 0.05) is 25.1 Å². The number of likely N-dealkylation sites (tertiary alicyclic amines) is 1. The number of nitrogens with zero attached hydrogens (tertiary/aromatic N) is 2. The van der Waals surface area contributed by atoms with Gasteiger partial charge in [-0.1, -0.05) is 0 Å². The summed E-state index contributed by atoms with van der Waals surface area (Å²) in [5.41, 5.74) is 1.95. The van der Waals surface area contributed by atoms with Crippen molar-refractivity contribution in [3.05, 3.63) is 29.6 Å². The summed E-state index contributed by atoms with van der Waals surface area (Å²) in [4.78, 5) is 22.1. The van der Waals surface area contributed by atoms with Crippen molar-refractivity contribution in [2.75, 3.05) is 19.7 Å². The molecule has 7 nitrogen and oxygen atoms in total.